The van der Waals surface area contributed by atoms with Gasteiger partial charge in [-0.25, -0.2) is 0 Å². The van der Waals surface area contributed by atoms with Gasteiger partial charge >= 0.3 is 5.97 Å². The number of hydrogen-bond acceptors (Lipinski definition) is 1. The summed E-state index contributed by atoms with van der Waals surface area (Å²) in [5.74, 6) is -0.692. The van der Waals surface area contributed by atoms with Gasteiger partial charge in [-0.1, -0.05) is 29.3 Å². The van der Waals surface area contributed by atoms with Gasteiger partial charge in [0.15, 0.2) is 0 Å². The van der Waals surface area contributed by atoms with E-state index in [1.165, 1.54) is 0 Å². The van der Waals surface area contributed by atoms with E-state index in [0.29, 0.717) is 11.2 Å². The first-order valence-corrected chi connectivity index (χ1v) is 4.40. The third-order valence-electron chi connectivity index (χ3n) is 1.24. The largest absolute Gasteiger partial charge is 0.481 e. The number of alkyl halides is 1. The van der Waals surface area contributed by atoms with Gasteiger partial charge in [0, 0.05) is 11.2 Å². The molecular formula is C7H13BrO2. The minimum atomic E-state index is -0.692. The Labute approximate surface area is 69.8 Å². The minimum absolute atomic E-state index is 0.305. The lowest BCUT2D eigenvalue weighted by Gasteiger charge is -1.99. The highest BCUT2D eigenvalue weighted by Gasteiger charge is 1.98. The SMILES string of the molecule is CC(Br)CCCCC(=O)O. The molecule has 0 rings (SSSR count). The van der Waals surface area contributed by atoms with Crippen molar-refractivity contribution in [2.75, 3.05) is 0 Å². The van der Waals surface area contributed by atoms with E-state index < -0.39 is 5.97 Å². The first-order valence-electron chi connectivity index (χ1n) is 3.49. The first-order chi connectivity index (χ1) is 4.63. The van der Waals surface area contributed by atoms with E-state index in [1.54, 1.807) is 0 Å². The van der Waals surface area contributed by atoms with Crippen LogP contribution in [0, 0.1) is 0 Å². The summed E-state index contributed by atoms with van der Waals surface area (Å²) in [5, 5.41) is 8.27. The van der Waals surface area contributed by atoms with Crippen LogP contribution in [0.3, 0.4) is 0 Å². The molecule has 1 unspecified atom stereocenters. The zero-order valence-corrected chi connectivity index (χ0v) is 7.73. The molecule has 1 N–H and O–H groups in total. The van der Waals surface area contributed by atoms with E-state index in [1.807, 2.05) is 0 Å². The van der Waals surface area contributed by atoms with Gasteiger partial charge in [-0.3, -0.25) is 4.79 Å². The van der Waals surface area contributed by atoms with Crippen LogP contribution in [0.25, 0.3) is 0 Å². The van der Waals surface area contributed by atoms with E-state index in [-0.39, 0.29) is 0 Å². The van der Waals surface area contributed by atoms with Crippen LogP contribution < -0.4 is 0 Å². The zero-order valence-electron chi connectivity index (χ0n) is 6.14. The van der Waals surface area contributed by atoms with E-state index in [0.717, 1.165) is 19.3 Å². The lowest BCUT2D eigenvalue weighted by molar-refractivity contribution is -0.137. The number of rotatable bonds is 5. The summed E-state index contributed by atoms with van der Waals surface area (Å²) in [5.41, 5.74) is 0. The zero-order chi connectivity index (χ0) is 7.98. The molecule has 0 aliphatic rings. The second-order valence-electron chi connectivity index (χ2n) is 2.42. The Bertz CT molecular complexity index is 102. The average Bonchev–Trinajstić information content (AvgIpc) is 1.79. The topological polar surface area (TPSA) is 37.3 Å². The van der Waals surface area contributed by atoms with E-state index in [9.17, 15) is 4.79 Å². The van der Waals surface area contributed by atoms with Gasteiger partial charge in [-0.15, -0.1) is 0 Å². The number of hydrogen-bond donors (Lipinski definition) is 1. The van der Waals surface area contributed by atoms with Gasteiger partial charge in [0.1, 0.15) is 0 Å². The molecule has 0 bridgehead atoms. The second-order valence-corrected chi connectivity index (χ2v) is 3.98. The molecule has 3 heteroatoms. The van der Waals surface area contributed by atoms with Crippen LogP contribution in [0.2, 0.25) is 0 Å². The number of halogens is 1. The highest BCUT2D eigenvalue weighted by molar-refractivity contribution is 9.09. The van der Waals surface area contributed by atoms with Crippen molar-refractivity contribution >= 4 is 21.9 Å². The van der Waals surface area contributed by atoms with Gasteiger partial charge in [0.25, 0.3) is 0 Å². The molecule has 0 radical (unpaired) electrons. The maximum atomic E-state index is 10.0. The molecule has 0 saturated carbocycles. The predicted octanol–water partition coefficient (Wildman–Crippen LogP) is 2.41. The van der Waals surface area contributed by atoms with E-state index in [2.05, 4.69) is 22.9 Å². The fourth-order valence-electron chi connectivity index (χ4n) is 0.702. The smallest absolute Gasteiger partial charge is 0.303 e. The first kappa shape index (κ1) is 9.95. The van der Waals surface area contributed by atoms with Crippen LogP contribution in [-0.4, -0.2) is 15.9 Å². The Morgan fingerprint density at radius 2 is 2.20 bits per heavy atom. The normalized spacial score (nSPS) is 13.0. The highest BCUT2D eigenvalue weighted by Crippen LogP contribution is 2.09. The molecule has 60 valence electrons. The Kier molecular flexibility index (Phi) is 5.69. The second kappa shape index (κ2) is 5.71. The molecule has 0 amide bonds. The van der Waals surface area contributed by atoms with Crippen molar-refractivity contribution in [3.63, 3.8) is 0 Å². The van der Waals surface area contributed by atoms with Gasteiger partial charge in [-0.05, 0) is 12.8 Å². The summed E-state index contributed by atoms with van der Waals surface area (Å²) < 4.78 is 0. The van der Waals surface area contributed by atoms with Gasteiger partial charge < -0.3 is 5.11 Å². The van der Waals surface area contributed by atoms with Crippen molar-refractivity contribution < 1.29 is 9.90 Å². The van der Waals surface area contributed by atoms with E-state index in [4.69, 9.17) is 5.11 Å². The third kappa shape index (κ3) is 7.95. The van der Waals surface area contributed by atoms with Crippen molar-refractivity contribution in [1.29, 1.82) is 0 Å². The standard InChI is InChI=1S/C7H13BrO2/c1-6(8)4-2-3-5-7(9)10/h6H,2-5H2,1H3,(H,9,10). The quantitative estimate of drug-likeness (QED) is 0.557. The molecule has 2 nitrogen and oxygen atoms in total. The molecule has 0 aliphatic heterocycles. The van der Waals surface area contributed by atoms with Crippen LogP contribution in [0.5, 0.6) is 0 Å². The Morgan fingerprint density at radius 3 is 2.60 bits per heavy atom. The number of unbranched alkanes of at least 4 members (excludes halogenated alkanes) is 1. The summed E-state index contributed by atoms with van der Waals surface area (Å²) in [4.78, 5) is 10.5. The molecular weight excluding hydrogens is 196 g/mol. The summed E-state index contributed by atoms with van der Waals surface area (Å²) in [6.45, 7) is 2.07. The lowest BCUT2D eigenvalue weighted by atomic mass is 10.2. The third-order valence-corrected chi connectivity index (χ3v) is 1.70. The molecule has 0 fully saturated rings. The van der Waals surface area contributed by atoms with E-state index >= 15 is 0 Å². The number of carbonyl (C=O) groups is 1. The van der Waals surface area contributed by atoms with Crippen molar-refractivity contribution in [2.24, 2.45) is 0 Å². The maximum Gasteiger partial charge on any atom is 0.303 e. The fourth-order valence-corrected chi connectivity index (χ4v) is 1.03. The highest BCUT2D eigenvalue weighted by atomic mass is 79.9. The van der Waals surface area contributed by atoms with Crippen molar-refractivity contribution in [3.05, 3.63) is 0 Å². The van der Waals surface area contributed by atoms with Gasteiger partial charge in [0.2, 0.25) is 0 Å². The fraction of sp³-hybridized carbons (Fsp3) is 0.857. The maximum absolute atomic E-state index is 10.0. The van der Waals surface area contributed by atoms with Crippen molar-refractivity contribution in [2.45, 2.75) is 37.4 Å². The summed E-state index contributed by atoms with van der Waals surface area (Å²) in [6.07, 6.45) is 3.16. The van der Waals surface area contributed by atoms with Crippen molar-refractivity contribution in [1.82, 2.24) is 0 Å². The molecule has 0 saturated heterocycles. The molecule has 0 aliphatic carbocycles. The lowest BCUT2D eigenvalue weighted by Crippen LogP contribution is -1.95. The Hall–Kier alpha value is -0.0500. The number of aliphatic carboxylic acids is 1. The summed E-state index contributed by atoms with van der Waals surface area (Å²) in [7, 11) is 0. The molecule has 0 aromatic heterocycles. The summed E-state index contributed by atoms with van der Waals surface area (Å²) >= 11 is 3.39. The van der Waals surface area contributed by atoms with Gasteiger partial charge in [0.05, 0.1) is 0 Å². The minimum Gasteiger partial charge on any atom is -0.481 e. The average molecular weight is 209 g/mol. The molecule has 10 heavy (non-hydrogen) atoms. The molecule has 0 aromatic carbocycles. The van der Waals surface area contributed by atoms with Crippen molar-refractivity contribution in [3.8, 4) is 0 Å². The molecule has 0 aromatic rings. The Balaban J connectivity index is 2.98. The van der Waals surface area contributed by atoms with Crippen LogP contribution in [-0.2, 0) is 4.79 Å². The van der Waals surface area contributed by atoms with Crippen LogP contribution in [0.15, 0.2) is 0 Å². The molecule has 0 spiro atoms. The Morgan fingerprint density at radius 1 is 1.60 bits per heavy atom. The number of carboxylic acids is 1. The monoisotopic (exact) mass is 208 g/mol. The molecule has 1 atom stereocenters. The van der Waals surface area contributed by atoms with Crippen LogP contribution in [0.1, 0.15) is 32.6 Å². The summed E-state index contributed by atoms with van der Waals surface area (Å²) in [6, 6.07) is 0. The number of carboxylic acid groups (broad SMARTS) is 1. The van der Waals surface area contributed by atoms with Crippen LogP contribution >= 0.6 is 15.9 Å². The van der Waals surface area contributed by atoms with Gasteiger partial charge in [-0.2, -0.15) is 0 Å². The molecule has 0 heterocycles. The predicted molar refractivity (Wildman–Crippen MR) is 44.5 cm³/mol. The van der Waals surface area contributed by atoms with Crippen LogP contribution in [0.4, 0.5) is 0 Å².